The molecule has 1 unspecified atom stereocenters. The molecule has 6 heteroatoms. The third-order valence-corrected chi connectivity index (χ3v) is 2.89. The van der Waals surface area contributed by atoms with Crippen LogP contribution in [0, 0.1) is 5.82 Å². The summed E-state index contributed by atoms with van der Waals surface area (Å²) in [5.74, 6) is 0.297. The van der Waals surface area contributed by atoms with Crippen LogP contribution in [0.4, 0.5) is 4.39 Å². The SMILES string of the molecule is Cn1ncnc1CC(N)c1ccc(Cl)c(F)c1. The molecule has 1 atom stereocenters. The minimum Gasteiger partial charge on any atom is -0.324 e. The predicted octanol–water partition coefficient (Wildman–Crippen LogP) is 1.85. The van der Waals surface area contributed by atoms with E-state index in [1.165, 1.54) is 18.5 Å². The second-order valence-corrected chi connectivity index (χ2v) is 4.19. The van der Waals surface area contributed by atoms with Gasteiger partial charge in [0.25, 0.3) is 0 Å². The van der Waals surface area contributed by atoms with E-state index in [0.29, 0.717) is 12.0 Å². The van der Waals surface area contributed by atoms with E-state index in [0.717, 1.165) is 5.82 Å². The molecule has 17 heavy (non-hydrogen) atoms. The normalized spacial score (nSPS) is 12.7. The van der Waals surface area contributed by atoms with Gasteiger partial charge in [-0.15, -0.1) is 0 Å². The first kappa shape index (κ1) is 12.0. The van der Waals surface area contributed by atoms with Gasteiger partial charge in [0, 0.05) is 19.5 Å². The summed E-state index contributed by atoms with van der Waals surface area (Å²) in [6, 6.07) is 4.24. The van der Waals surface area contributed by atoms with E-state index in [1.54, 1.807) is 17.8 Å². The van der Waals surface area contributed by atoms with Crippen molar-refractivity contribution in [3.05, 3.63) is 46.8 Å². The van der Waals surface area contributed by atoms with Crippen molar-refractivity contribution in [2.75, 3.05) is 0 Å². The Balaban J connectivity index is 2.17. The minimum absolute atomic E-state index is 0.0969. The third-order valence-electron chi connectivity index (χ3n) is 2.58. The summed E-state index contributed by atoms with van der Waals surface area (Å²) < 4.78 is 14.9. The van der Waals surface area contributed by atoms with Crippen molar-refractivity contribution in [3.63, 3.8) is 0 Å². The van der Waals surface area contributed by atoms with Crippen molar-refractivity contribution in [1.29, 1.82) is 0 Å². The molecule has 0 bridgehead atoms. The fourth-order valence-corrected chi connectivity index (χ4v) is 1.68. The smallest absolute Gasteiger partial charge is 0.142 e. The first-order valence-electron chi connectivity index (χ1n) is 5.11. The molecule has 0 radical (unpaired) electrons. The van der Waals surface area contributed by atoms with Gasteiger partial charge in [-0.1, -0.05) is 17.7 Å². The second kappa shape index (κ2) is 4.81. The molecule has 0 aliphatic carbocycles. The van der Waals surface area contributed by atoms with E-state index < -0.39 is 5.82 Å². The van der Waals surface area contributed by atoms with Crippen LogP contribution in [0.2, 0.25) is 5.02 Å². The van der Waals surface area contributed by atoms with Gasteiger partial charge in [-0.25, -0.2) is 9.37 Å². The minimum atomic E-state index is -0.461. The highest BCUT2D eigenvalue weighted by molar-refractivity contribution is 6.30. The lowest BCUT2D eigenvalue weighted by molar-refractivity contribution is 0.606. The molecular formula is C11H12ClFN4. The second-order valence-electron chi connectivity index (χ2n) is 3.78. The van der Waals surface area contributed by atoms with E-state index in [-0.39, 0.29) is 11.1 Å². The lowest BCUT2D eigenvalue weighted by Crippen LogP contribution is -2.16. The average molecular weight is 255 g/mol. The lowest BCUT2D eigenvalue weighted by Gasteiger charge is -2.11. The quantitative estimate of drug-likeness (QED) is 0.910. The zero-order valence-electron chi connectivity index (χ0n) is 9.27. The molecule has 2 rings (SSSR count). The average Bonchev–Trinajstić information content (AvgIpc) is 2.68. The van der Waals surface area contributed by atoms with Crippen LogP contribution < -0.4 is 5.73 Å². The van der Waals surface area contributed by atoms with Crippen LogP contribution >= 0.6 is 11.6 Å². The zero-order chi connectivity index (χ0) is 12.4. The van der Waals surface area contributed by atoms with Crippen molar-refractivity contribution < 1.29 is 4.39 Å². The molecule has 2 N–H and O–H groups in total. The molecule has 0 amide bonds. The predicted molar refractivity (Wildman–Crippen MR) is 63.0 cm³/mol. The van der Waals surface area contributed by atoms with Crippen LogP contribution in [0.25, 0.3) is 0 Å². The summed E-state index contributed by atoms with van der Waals surface area (Å²) in [6.45, 7) is 0. The molecule has 0 fully saturated rings. The standard InChI is InChI=1S/C11H12ClFN4/c1-17-11(15-6-16-17)5-10(14)7-2-3-8(12)9(13)4-7/h2-4,6,10H,5,14H2,1H3. The third kappa shape index (κ3) is 2.62. The Morgan fingerprint density at radius 2 is 2.29 bits per heavy atom. The Kier molecular flexibility index (Phi) is 3.40. The number of hydrogen-bond donors (Lipinski definition) is 1. The fourth-order valence-electron chi connectivity index (χ4n) is 1.56. The van der Waals surface area contributed by atoms with Crippen molar-refractivity contribution in [2.45, 2.75) is 12.5 Å². The number of rotatable bonds is 3. The maximum absolute atomic E-state index is 13.3. The Bertz CT molecular complexity index is 526. The van der Waals surface area contributed by atoms with Gasteiger partial charge in [-0.05, 0) is 17.7 Å². The number of benzene rings is 1. The van der Waals surface area contributed by atoms with Crippen molar-refractivity contribution in [3.8, 4) is 0 Å². The van der Waals surface area contributed by atoms with Gasteiger partial charge in [0.2, 0.25) is 0 Å². The summed E-state index contributed by atoms with van der Waals surface area (Å²) in [4.78, 5) is 4.07. The Hall–Kier alpha value is -1.46. The number of halogens is 2. The van der Waals surface area contributed by atoms with Crippen LogP contribution in [0.5, 0.6) is 0 Å². The van der Waals surface area contributed by atoms with Crippen LogP contribution in [-0.4, -0.2) is 14.8 Å². The lowest BCUT2D eigenvalue weighted by atomic mass is 10.0. The Labute approximate surface area is 103 Å². The topological polar surface area (TPSA) is 56.7 Å². The highest BCUT2D eigenvalue weighted by Gasteiger charge is 2.12. The molecular weight excluding hydrogens is 243 g/mol. The van der Waals surface area contributed by atoms with E-state index in [9.17, 15) is 4.39 Å². The first-order valence-corrected chi connectivity index (χ1v) is 5.49. The molecule has 0 saturated carbocycles. The van der Waals surface area contributed by atoms with Gasteiger partial charge in [0.1, 0.15) is 18.0 Å². The molecule has 2 aromatic rings. The number of hydrogen-bond acceptors (Lipinski definition) is 3. The molecule has 90 valence electrons. The molecule has 1 aromatic carbocycles. The summed E-state index contributed by atoms with van der Waals surface area (Å²) in [5, 5.41) is 4.05. The fraction of sp³-hybridized carbons (Fsp3) is 0.273. The van der Waals surface area contributed by atoms with Gasteiger partial charge in [-0.2, -0.15) is 5.10 Å². The van der Waals surface area contributed by atoms with Gasteiger partial charge in [-0.3, -0.25) is 4.68 Å². The maximum Gasteiger partial charge on any atom is 0.142 e. The molecule has 1 heterocycles. The van der Waals surface area contributed by atoms with Crippen molar-refractivity contribution in [2.24, 2.45) is 12.8 Å². The maximum atomic E-state index is 13.3. The molecule has 0 aliphatic rings. The Morgan fingerprint density at radius 1 is 1.53 bits per heavy atom. The van der Waals surface area contributed by atoms with E-state index in [4.69, 9.17) is 17.3 Å². The monoisotopic (exact) mass is 254 g/mol. The van der Waals surface area contributed by atoms with Gasteiger partial charge < -0.3 is 5.73 Å². The molecule has 0 spiro atoms. The van der Waals surface area contributed by atoms with Gasteiger partial charge in [0.15, 0.2) is 0 Å². The highest BCUT2D eigenvalue weighted by atomic mass is 35.5. The molecule has 0 saturated heterocycles. The van der Waals surface area contributed by atoms with Crippen LogP contribution in [0.1, 0.15) is 17.4 Å². The molecule has 4 nitrogen and oxygen atoms in total. The number of nitrogens with zero attached hydrogens (tertiary/aromatic N) is 3. The number of nitrogens with two attached hydrogens (primary N) is 1. The molecule has 1 aromatic heterocycles. The summed E-state index contributed by atoms with van der Waals surface area (Å²) in [7, 11) is 1.79. The van der Waals surface area contributed by atoms with Gasteiger partial charge >= 0.3 is 0 Å². The van der Waals surface area contributed by atoms with E-state index in [2.05, 4.69) is 10.1 Å². The van der Waals surface area contributed by atoms with E-state index >= 15 is 0 Å². The summed E-state index contributed by atoms with van der Waals surface area (Å²) in [5.41, 5.74) is 6.67. The summed E-state index contributed by atoms with van der Waals surface area (Å²) in [6.07, 6.45) is 1.96. The van der Waals surface area contributed by atoms with Crippen molar-refractivity contribution >= 4 is 11.6 Å². The summed E-state index contributed by atoms with van der Waals surface area (Å²) >= 11 is 5.61. The van der Waals surface area contributed by atoms with Crippen LogP contribution in [0.15, 0.2) is 24.5 Å². The highest BCUT2D eigenvalue weighted by Crippen LogP contribution is 2.20. The molecule has 0 aliphatic heterocycles. The Morgan fingerprint density at radius 3 is 2.88 bits per heavy atom. The number of aromatic nitrogens is 3. The van der Waals surface area contributed by atoms with Crippen LogP contribution in [-0.2, 0) is 13.5 Å². The number of aryl methyl sites for hydroxylation is 1. The van der Waals surface area contributed by atoms with Crippen LogP contribution in [0.3, 0.4) is 0 Å². The first-order chi connectivity index (χ1) is 8.08. The largest absolute Gasteiger partial charge is 0.324 e. The van der Waals surface area contributed by atoms with Gasteiger partial charge in [0.05, 0.1) is 5.02 Å². The zero-order valence-corrected chi connectivity index (χ0v) is 10.0. The van der Waals surface area contributed by atoms with Crippen molar-refractivity contribution in [1.82, 2.24) is 14.8 Å². The van der Waals surface area contributed by atoms with E-state index in [1.807, 2.05) is 0 Å².